The Labute approximate surface area is 209 Å². The summed E-state index contributed by atoms with van der Waals surface area (Å²) in [6, 6.07) is 22.1. The maximum absolute atomic E-state index is 13.1. The highest BCUT2D eigenvalue weighted by atomic mass is 35.5. The maximum Gasteiger partial charge on any atom is 0.263 e. The highest BCUT2D eigenvalue weighted by molar-refractivity contribution is 6.30. The molecule has 3 aromatic carbocycles. The number of rotatable bonds is 4. The molecule has 0 bridgehead atoms. The van der Waals surface area contributed by atoms with Gasteiger partial charge in [-0.15, -0.1) is 0 Å². The first-order chi connectivity index (χ1) is 17.5. The molecule has 3 aromatic heterocycles. The highest BCUT2D eigenvalue weighted by Crippen LogP contribution is 2.21. The van der Waals surface area contributed by atoms with Crippen LogP contribution in [0.1, 0.15) is 16.1 Å². The predicted octanol–water partition coefficient (Wildman–Crippen LogP) is 4.66. The maximum atomic E-state index is 13.1. The average Bonchev–Trinajstić information content (AvgIpc) is 3.47. The fraction of sp³-hybridized carbons (Fsp3) is 0.0385. The van der Waals surface area contributed by atoms with Crippen molar-refractivity contribution in [2.24, 2.45) is 0 Å². The number of aromatic amines is 1. The van der Waals surface area contributed by atoms with Crippen LogP contribution in [0.25, 0.3) is 33.4 Å². The van der Waals surface area contributed by atoms with Crippen LogP contribution in [-0.2, 0) is 0 Å². The molecule has 0 unspecified atom stereocenters. The summed E-state index contributed by atoms with van der Waals surface area (Å²) in [6.45, 7) is 1.79. The summed E-state index contributed by atoms with van der Waals surface area (Å²) in [7, 11) is 0. The lowest BCUT2D eigenvalue weighted by Crippen LogP contribution is -2.19. The summed E-state index contributed by atoms with van der Waals surface area (Å²) in [5.41, 5.74) is 1.73. The zero-order valence-electron chi connectivity index (χ0n) is 18.9. The van der Waals surface area contributed by atoms with Gasteiger partial charge >= 0.3 is 0 Å². The number of amides is 1. The third-order valence-electron chi connectivity index (χ3n) is 5.76. The number of hydrogen-bond acceptors (Lipinski definition) is 5. The van der Waals surface area contributed by atoms with Crippen LogP contribution in [0.5, 0.6) is 0 Å². The Hall–Kier alpha value is -4.76. The van der Waals surface area contributed by atoms with Gasteiger partial charge in [-0.3, -0.25) is 14.6 Å². The molecular formula is C26H18ClN7O2. The zero-order chi connectivity index (χ0) is 24.8. The van der Waals surface area contributed by atoms with Crippen molar-refractivity contribution in [2.45, 2.75) is 6.92 Å². The molecule has 0 spiro atoms. The third-order valence-corrected chi connectivity index (χ3v) is 6.00. The Kier molecular flexibility index (Phi) is 5.12. The minimum atomic E-state index is -0.386. The van der Waals surface area contributed by atoms with E-state index in [0.29, 0.717) is 38.8 Å². The van der Waals surface area contributed by atoms with Crippen LogP contribution < -0.4 is 10.9 Å². The lowest BCUT2D eigenvalue weighted by atomic mass is 10.1. The number of carbonyl (C=O) groups is 1. The molecule has 0 saturated heterocycles. The normalized spacial score (nSPS) is 11.3. The first-order valence-corrected chi connectivity index (χ1v) is 11.5. The largest absolute Gasteiger partial charge is 0.306 e. The predicted molar refractivity (Wildman–Crippen MR) is 138 cm³/mol. The van der Waals surface area contributed by atoms with Crippen LogP contribution >= 0.6 is 11.6 Å². The summed E-state index contributed by atoms with van der Waals surface area (Å²) in [5, 5.41) is 14.5. The van der Waals surface area contributed by atoms with Gasteiger partial charge in [0.15, 0.2) is 5.65 Å². The van der Waals surface area contributed by atoms with Crippen molar-refractivity contribution in [3.05, 3.63) is 106 Å². The molecule has 0 saturated carbocycles. The van der Waals surface area contributed by atoms with Crippen LogP contribution in [0.3, 0.4) is 0 Å². The summed E-state index contributed by atoms with van der Waals surface area (Å²) < 4.78 is 2.92. The third kappa shape index (κ3) is 3.81. The Bertz CT molecular complexity index is 1850. The second-order valence-electron chi connectivity index (χ2n) is 8.26. The number of benzene rings is 3. The molecule has 10 heteroatoms. The van der Waals surface area contributed by atoms with Gasteiger partial charge < -0.3 is 5.32 Å². The first-order valence-electron chi connectivity index (χ1n) is 11.1. The molecule has 0 atom stereocenters. The molecule has 0 aliphatic carbocycles. The van der Waals surface area contributed by atoms with Crippen LogP contribution in [-0.4, -0.2) is 35.4 Å². The standard InChI is InChI=1S/C26H18ClN7O2/c1-15-11-22(29-24(35)18-10-9-16-5-2-3-6-17(16)12-18)34(32-15)26-30-23-21(25(36)31-26)14-28-33(23)20-8-4-7-19(27)13-20/h2-14H,1H3,(H,29,35)(H,30,31,36). The van der Waals surface area contributed by atoms with Crippen molar-refractivity contribution < 1.29 is 4.79 Å². The summed E-state index contributed by atoms with van der Waals surface area (Å²) in [4.78, 5) is 33.3. The van der Waals surface area contributed by atoms with Gasteiger partial charge in [-0.1, -0.05) is 48.0 Å². The minimum Gasteiger partial charge on any atom is -0.306 e. The smallest absolute Gasteiger partial charge is 0.263 e. The molecule has 176 valence electrons. The molecule has 36 heavy (non-hydrogen) atoms. The number of aromatic nitrogens is 6. The van der Waals surface area contributed by atoms with E-state index in [-0.39, 0.29) is 17.4 Å². The average molecular weight is 496 g/mol. The fourth-order valence-corrected chi connectivity index (χ4v) is 4.26. The van der Waals surface area contributed by atoms with Crippen molar-refractivity contribution in [3.63, 3.8) is 0 Å². The second kappa shape index (κ2) is 8.47. The molecule has 3 heterocycles. The number of fused-ring (bicyclic) bond motifs is 2. The molecular weight excluding hydrogens is 478 g/mol. The van der Waals surface area contributed by atoms with Crippen molar-refractivity contribution in [2.75, 3.05) is 5.32 Å². The second-order valence-corrected chi connectivity index (χ2v) is 8.70. The van der Waals surface area contributed by atoms with Crippen LogP contribution in [0, 0.1) is 6.92 Å². The monoisotopic (exact) mass is 495 g/mol. The molecule has 0 radical (unpaired) electrons. The number of halogens is 1. The molecule has 6 aromatic rings. The van der Waals surface area contributed by atoms with Gasteiger partial charge in [0.25, 0.3) is 11.5 Å². The number of carbonyl (C=O) groups excluding carboxylic acids is 1. The van der Waals surface area contributed by atoms with Gasteiger partial charge in [0.2, 0.25) is 5.95 Å². The Morgan fingerprint density at radius 2 is 1.81 bits per heavy atom. The van der Waals surface area contributed by atoms with Gasteiger partial charge in [0.1, 0.15) is 11.2 Å². The van der Waals surface area contributed by atoms with Crippen molar-refractivity contribution >= 4 is 45.1 Å². The number of anilines is 1. The van der Waals surface area contributed by atoms with Crippen molar-refractivity contribution in [1.82, 2.24) is 29.5 Å². The van der Waals surface area contributed by atoms with E-state index in [0.717, 1.165) is 10.8 Å². The first kappa shape index (κ1) is 21.8. The lowest BCUT2D eigenvalue weighted by molar-refractivity contribution is 0.102. The molecule has 0 aliphatic heterocycles. The van der Waals surface area contributed by atoms with E-state index in [4.69, 9.17) is 11.6 Å². The minimum absolute atomic E-state index is 0.137. The van der Waals surface area contributed by atoms with Crippen LogP contribution in [0.4, 0.5) is 5.82 Å². The van der Waals surface area contributed by atoms with E-state index in [1.165, 1.54) is 15.6 Å². The summed E-state index contributed by atoms with van der Waals surface area (Å²) in [6.07, 6.45) is 1.45. The molecule has 9 nitrogen and oxygen atoms in total. The Morgan fingerprint density at radius 1 is 0.972 bits per heavy atom. The topological polar surface area (TPSA) is 110 Å². The summed E-state index contributed by atoms with van der Waals surface area (Å²) >= 11 is 6.14. The van der Waals surface area contributed by atoms with Crippen molar-refractivity contribution in [3.8, 4) is 11.6 Å². The number of nitrogens with one attached hydrogen (secondary N) is 2. The van der Waals surface area contributed by atoms with E-state index in [1.54, 1.807) is 37.3 Å². The molecule has 2 N–H and O–H groups in total. The number of nitrogens with zero attached hydrogens (tertiary/aromatic N) is 5. The van der Waals surface area contributed by atoms with Crippen LogP contribution in [0.15, 0.2) is 83.8 Å². The number of hydrogen-bond donors (Lipinski definition) is 2. The number of aryl methyl sites for hydroxylation is 1. The van der Waals surface area contributed by atoms with Gasteiger partial charge in [-0.25, -0.2) is 4.68 Å². The fourth-order valence-electron chi connectivity index (χ4n) is 4.07. The van der Waals surface area contributed by atoms with Crippen LogP contribution in [0.2, 0.25) is 5.02 Å². The molecule has 6 rings (SSSR count). The summed E-state index contributed by atoms with van der Waals surface area (Å²) in [5.74, 6) is 0.189. The van der Waals surface area contributed by atoms with E-state index >= 15 is 0 Å². The van der Waals surface area contributed by atoms with E-state index in [1.807, 2.05) is 42.5 Å². The Balaban J connectivity index is 1.41. The zero-order valence-corrected chi connectivity index (χ0v) is 19.7. The molecule has 0 aliphatic rings. The van der Waals surface area contributed by atoms with Gasteiger partial charge in [0.05, 0.1) is 17.6 Å². The van der Waals surface area contributed by atoms with Gasteiger partial charge in [-0.2, -0.15) is 19.9 Å². The quantitative estimate of drug-likeness (QED) is 0.369. The van der Waals surface area contributed by atoms with Gasteiger partial charge in [0, 0.05) is 16.7 Å². The molecule has 1 amide bonds. The molecule has 0 fully saturated rings. The lowest BCUT2D eigenvalue weighted by Gasteiger charge is -2.09. The van der Waals surface area contributed by atoms with Crippen molar-refractivity contribution in [1.29, 1.82) is 0 Å². The van der Waals surface area contributed by atoms with E-state index in [2.05, 4.69) is 25.5 Å². The van der Waals surface area contributed by atoms with E-state index < -0.39 is 0 Å². The van der Waals surface area contributed by atoms with E-state index in [9.17, 15) is 9.59 Å². The Morgan fingerprint density at radius 3 is 2.64 bits per heavy atom. The number of H-pyrrole nitrogens is 1. The SMILES string of the molecule is Cc1cc(NC(=O)c2ccc3ccccc3c2)n(-c2nc3c(cnn3-c3cccc(Cl)c3)c(=O)[nH]2)n1. The highest BCUT2D eigenvalue weighted by Gasteiger charge is 2.18. The van der Waals surface area contributed by atoms with Gasteiger partial charge in [-0.05, 0) is 48.0 Å².